The lowest BCUT2D eigenvalue weighted by Gasteiger charge is -2.28. The van der Waals surface area contributed by atoms with Crippen LogP contribution in [0.25, 0.3) is 0 Å². The van der Waals surface area contributed by atoms with Crippen molar-refractivity contribution in [2.45, 2.75) is 19.9 Å². The van der Waals surface area contributed by atoms with Crippen molar-refractivity contribution in [2.75, 3.05) is 20.3 Å². The average molecular weight is 572 g/mol. The Morgan fingerprint density at radius 2 is 1.90 bits per heavy atom. The number of ether oxygens (including phenoxy) is 3. The highest BCUT2D eigenvalue weighted by atomic mass is 16.6. The van der Waals surface area contributed by atoms with Crippen LogP contribution in [0.3, 0.4) is 0 Å². The number of nitrogens with one attached hydrogen (secondary N) is 3. The van der Waals surface area contributed by atoms with Crippen LogP contribution in [-0.2, 0) is 14.3 Å². The van der Waals surface area contributed by atoms with Gasteiger partial charge in [-0.3, -0.25) is 25.0 Å². The molecule has 17 nitrogen and oxygen atoms in total. The van der Waals surface area contributed by atoms with E-state index in [0.717, 1.165) is 12.3 Å². The summed E-state index contributed by atoms with van der Waals surface area (Å²) in [5.41, 5.74) is 1.10. The van der Waals surface area contributed by atoms with Crippen molar-refractivity contribution < 1.29 is 43.5 Å². The first kappa shape index (κ1) is 29.8. The first-order valence-corrected chi connectivity index (χ1v) is 11.7. The predicted molar refractivity (Wildman–Crippen MR) is 139 cm³/mol. The van der Waals surface area contributed by atoms with E-state index in [1.807, 2.05) is 0 Å². The number of esters is 1. The zero-order chi connectivity index (χ0) is 30.3. The number of nitro benzene ring substituents is 2. The standard InChI is InChI=1S/C24H24N6O11/c1-4-40-23(33)20-12(2)26-24(34)27-21(20)13-5-6-17(18(8-13)39-3)41-11-19(31)28-25-10-14-7-15(29(35)36)9-16(22(14)32)30(37)38/h5-10,21,32H,4,11H2,1-3H3,(H,28,31)(H2,26,27,34)/b25-10-/t21-/m1/s1. The van der Waals surface area contributed by atoms with Gasteiger partial charge in [0.05, 0.1) is 53.0 Å². The SMILES string of the molecule is CCOC(=O)C1=C(C)NC(=O)N[C@@H]1c1ccc(OCC(=O)N/N=C\c2cc([N+](=O)[O-])cc([N+](=O)[O-])c2O)c(OC)c1. The zero-order valence-electron chi connectivity index (χ0n) is 21.8. The van der Waals surface area contributed by atoms with Crippen molar-refractivity contribution in [3.8, 4) is 17.2 Å². The minimum atomic E-state index is -1.00. The van der Waals surface area contributed by atoms with Crippen LogP contribution in [0.15, 0.2) is 46.7 Å². The number of urea groups is 1. The number of rotatable bonds is 11. The molecule has 216 valence electrons. The molecular weight excluding hydrogens is 548 g/mol. The number of nitrogens with zero attached hydrogens (tertiary/aromatic N) is 3. The van der Waals surface area contributed by atoms with Gasteiger partial charge in [0.2, 0.25) is 5.75 Å². The number of allylic oxidation sites excluding steroid dienone is 1. The summed E-state index contributed by atoms with van der Waals surface area (Å²) in [5, 5.41) is 40.8. The van der Waals surface area contributed by atoms with Gasteiger partial charge >= 0.3 is 17.7 Å². The number of phenolic OH excluding ortho intramolecular Hbond substituents is 1. The molecule has 1 aliphatic rings. The number of carbonyl (C=O) groups is 3. The Bertz CT molecular complexity index is 1470. The maximum Gasteiger partial charge on any atom is 0.338 e. The van der Waals surface area contributed by atoms with Crippen LogP contribution in [0.2, 0.25) is 0 Å². The molecule has 0 saturated carbocycles. The molecule has 4 N–H and O–H groups in total. The zero-order valence-corrected chi connectivity index (χ0v) is 21.8. The van der Waals surface area contributed by atoms with Crippen molar-refractivity contribution in [3.63, 3.8) is 0 Å². The van der Waals surface area contributed by atoms with Crippen molar-refractivity contribution in [3.05, 3.63) is 73.0 Å². The maximum absolute atomic E-state index is 12.5. The molecule has 1 atom stereocenters. The molecule has 2 aromatic carbocycles. The van der Waals surface area contributed by atoms with Crippen LogP contribution in [0.1, 0.15) is 31.0 Å². The first-order valence-electron chi connectivity index (χ1n) is 11.7. The maximum atomic E-state index is 12.5. The van der Waals surface area contributed by atoms with Crippen molar-refractivity contribution in [2.24, 2.45) is 5.10 Å². The second-order valence-electron chi connectivity index (χ2n) is 8.20. The van der Waals surface area contributed by atoms with Crippen LogP contribution < -0.4 is 25.5 Å². The predicted octanol–water partition coefficient (Wildman–Crippen LogP) is 1.94. The molecule has 0 fully saturated rings. The van der Waals surface area contributed by atoms with Gasteiger partial charge in [-0.1, -0.05) is 6.07 Å². The van der Waals surface area contributed by atoms with Gasteiger partial charge in [-0.15, -0.1) is 0 Å². The minimum Gasteiger partial charge on any atom is -0.502 e. The van der Waals surface area contributed by atoms with E-state index in [4.69, 9.17) is 14.2 Å². The largest absolute Gasteiger partial charge is 0.502 e. The summed E-state index contributed by atoms with van der Waals surface area (Å²) >= 11 is 0. The van der Waals surface area contributed by atoms with Gasteiger partial charge in [0, 0.05) is 11.8 Å². The Balaban J connectivity index is 1.72. The van der Waals surface area contributed by atoms with Gasteiger partial charge < -0.3 is 30.0 Å². The molecule has 0 unspecified atom stereocenters. The molecule has 2 aromatic rings. The molecular formula is C24H24N6O11. The summed E-state index contributed by atoms with van der Waals surface area (Å²) < 4.78 is 15.9. The van der Waals surface area contributed by atoms with Gasteiger partial charge in [0.15, 0.2) is 18.1 Å². The fraction of sp³-hybridized carbons (Fsp3) is 0.250. The highest BCUT2D eigenvalue weighted by molar-refractivity contribution is 5.95. The summed E-state index contributed by atoms with van der Waals surface area (Å²) in [6.07, 6.45) is 0.798. The van der Waals surface area contributed by atoms with Gasteiger partial charge in [0.25, 0.3) is 11.6 Å². The van der Waals surface area contributed by atoms with Crippen molar-refractivity contribution >= 4 is 35.5 Å². The van der Waals surface area contributed by atoms with Crippen LogP contribution in [0.5, 0.6) is 17.2 Å². The van der Waals surface area contributed by atoms with Crippen LogP contribution in [-0.4, -0.2) is 59.4 Å². The second-order valence-corrected chi connectivity index (χ2v) is 8.20. The number of hydrogen-bond acceptors (Lipinski definition) is 12. The van der Waals surface area contributed by atoms with Crippen LogP contribution >= 0.6 is 0 Å². The summed E-state index contributed by atoms with van der Waals surface area (Å²) in [4.78, 5) is 57.0. The van der Waals surface area contributed by atoms with Gasteiger partial charge in [-0.2, -0.15) is 5.10 Å². The number of amides is 3. The van der Waals surface area contributed by atoms with E-state index in [-0.39, 0.29) is 29.2 Å². The number of nitro groups is 2. The molecule has 1 aliphatic heterocycles. The van der Waals surface area contributed by atoms with Gasteiger partial charge in [-0.05, 0) is 31.5 Å². The molecule has 0 bridgehead atoms. The molecule has 1 heterocycles. The molecule has 3 rings (SSSR count). The third-order valence-electron chi connectivity index (χ3n) is 5.55. The fourth-order valence-electron chi connectivity index (χ4n) is 3.72. The smallest absolute Gasteiger partial charge is 0.338 e. The monoisotopic (exact) mass is 572 g/mol. The fourth-order valence-corrected chi connectivity index (χ4v) is 3.72. The molecule has 0 aliphatic carbocycles. The number of benzene rings is 2. The summed E-state index contributed by atoms with van der Waals surface area (Å²) in [5.74, 6) is -1.99. The first-order chi connectivity index (χ1) is 19.5. The number of hydrogen-bond donors (Lipinski definition) is 4. The second kappa shape index (κ2) is 12.9. The third kappa shape index (κ3) is 7.02. The lowest BCUT2D eigenvalue weighted by Crippen LogP contribution is -2.45. The number of carbonyl (C=O) groups excluding carboxylic acids is 3. The van der Waals surface area contributed by atoms with E-state index < -0.39 is 57.5 Å². The van der Waals surface area contributed by atoms with E-state index in [1.165, 1.54) is 19.2 Å². The Hall–Kier alpha value is -5.74. The van der Waals surface area contributed by atoms with E-state index in [9.17, 15) is 39.7 Å². The van der Waals surface area contributed by atoms with Crippen LogP contribution in [0.4, 0.5) is 16.2 Å². The Morgan fingerprint density at radius 1 is 1.17 bits per heavy atom. The molecule has 0 saturated heterocycles. The average Bonchev–Trinajstić information content (AvgIpc) is 2.92. The lowest BCUT2D eigenvalue weighted by molar-refractivity contribution is -0.394. The Morgan fingerprint density at radius 3 is 2.54 bits per heavy atom. The van der Waals surface area contributed by atoms with E-state index in [2.05, 4.69) is 21.2 Å². The number of methoxy groups -OCH3 is 1. The number of non-ortho nitro benzene ring substituents is 1. The highest BCUT2D eigenvalue weighted by Gasteiger charge is 2.32. The van der Waals surface area contributed by atoms with Crippen molar-refractivity contribution in [1.82, 2.24) is 16.1 Å². The third-order valence-corrected chi connectivity index (χ3v) is 5.55. The van der Waals surface area contributed by atoms with Gasteiger partial charge in [-0.25, -0.2) is 15.0 Å². The topological polar surface area (TPSA) is 234 Å². The Labute approximate surface area is 231 Å². The minimum absolute atomic E-state index is 0.126. The summed E-state index contributed by atoms with van der Waals surface area (Å²) in [7, 11) is 1.34. The molecule has 0 spiro atoms. The lowest BCUT2D eigenvalue weighted by atomic mass is 9.95. The van der Waals surface area contributed by atoms with Crippen LogP contribution in [0, 0.1) is 20.2 Å². The van der Waals surface area contributed by atoms with E-state index in [0.29, 0.717) is 17.3 Å². The molecule has 0 radical (unpaired) electrons. The molecule has 17 heteroatoms. The Kier molecular flexibility index (Phi) is 9.36. The van der Waals surface area contributed by atoms with Crippen molar-refractivity contribution in [1.29, 1.82) is 0 Å². The highest BCUT2D eigenvalue weighted by Crippen LogP contribution is 2.35. The van der Waals surface area contributed by atoms with E-state index >= 15 is 0 Å². The number of aromatic hydroxyl groups is 1. The van der Waals surface area contributed by atoms with E-state index in [1.54, 1.807) is 19.9 Å². The quantitative estimate of drug-likeness (QED) is 0.131. The normalized spacial score (nSPS) is 14.6. The molecule has 0 aromatic heterocycles. The molecule has 41 heavy (non-hydrogen) atoms. The van der Waals surface area contributed by atoms with Gasteiger partial charge in [0.1, 0.15) is 0 Å². The summed E-state index contributed by atoms with van der Waals surface area (Å²) in [6.45, 7) is 2.77. The number of hydrazone groups is 1. The number of phenols is 1. The molecule has 3 amide bonds. The summed E-state index contributed by atoms with van der Waals surface area (Å²) in [6, 6.07) is 4.56.